The predicted molar refractivity (Wildman–Crippen MR) is 106 cm³/mol. The van der Waals surface area contributed by atoms with E-state index in [9.17, 15) is 14.4 Å². The summed E-state index contributed by atoms with van der Waals surface area (Å²) < 4.78 is 21.4. The van der Waals surface area contributed by atoms with Gasteiger partial charge in [-0.25, -0.2) is 0 Å². The summed E-state index contributed by atoms with van der Waals surface area (Å²) >= 11 is 0. The van der Waals surface area contributed by atoms with Gasteiger partial charge in [0.05, 0.1) is 19.3 Å². The molecule has 158 valence electrons. The van der Waals surface area contributed by atoms with E-state index in [0.29, 0.717) is 31.1 Å². The number of ether oxygens (including phenoxy) is 4. The molecule has 0 amide bonds. The third-order valence-electron chi connectivity index (χ3n) is 4.57. The third kappa shape index (κ3) is 7.69. The highest BCUT2D eigenvalue weighted by molar-refractivity contribution is 5.71. The molecule has 1 fully saturated rings. The van der Waals surface area contributed by atoms with Gasteiger partial charge in [-0.2, -0.15) is 0 Å². The second-order valence-electron chi connectivity index (χ2n) is 7.19. The molecule has 0 spiro atoms. The quantitative estimate of drug-likeness (QED) is 0.391. The topological polar surface area (TPSA) is 88.1 Å². The van der Waals surface area contributed by atoms with Gasteiger partial charge >= 0.3 is 17.9 Å². The highest BCUT2D eigenvalue weighted by Crippen LogP contribution is 2.28. The number of carbonyl (C=O) groups is 3. The van der Waals surface area contributed by atoms with Crippen molar-refractivity contribution in [3.8, 4) is 11.5 Å². The van der Waals surface area contributed by atoms with Crippen LogP contribution in [0.3, 0.4) is 0 Å². The molecule has 0 bridgehead atoms. The first-order valence-corrected chi connectivity index (χ1v) is 9.67. The van der Waals surface area contributed by atoms with Crippen LogP contribution in [0.15, 0.2) is 29.8 Å². The molecule has 1 aliphatic heterocycles. The summed E-state index contributed by atoms with van der Waals surface area (Å²) in [6, 6.07) is 4.91. The maximum Gasteiger partial charge on any atom is 0.308 e. The number of esters is 3. The summed E-state index contributed by atoms with van der Waals surface area (Å²) in [5.74, 6) is -0.131. The van der Waals surface area contributed by atoms with Crippen LogP contribution in [0.2, 0.25) is 0 Å². The zero-order chi connectivity index (χ0) is 21.4. The molecule has 0 aromatic heterocycles. The van der Waals surface area contributed by atoms with E-state index < -0.39 is 11.9 Å². The molecule has 1 aliphatic rings. The van der Waals surface area contributed by atoms with E-state index in [1.54, 1.807) is 18.2 Å². The third-order valence-corrected chi connectivity index (χ3v) is 4.57. The van der Waals surface area contributed by atoms with Crippen molar-refractivity contribution in [2.45, 2.75) is 53.1 Å². The highest BCUT2D eigenvalue weighted by atomic mass is 16.5. The van der Waals surface area contributed by atoms with Crippen LogP contribution in [0.4, 0.5) is 0 Å². The van der Waals surface area contributed by atoms with Crippen LogP contribution in [0.1, 0.15) is 46.1 Å². The molecule has 7 heteroatoms. The SMILES string of the molecule is CC(=O)OCC(C)C1CCC(=CCc2cc(OC(C)=O)ccc2OC(C)=O)CO1. The Balaban J connectivity index is 2.00. The summed E-state index contributed by atoms with van der Waals surface area (Å²) in [7, 11) is 0. The number of rotatable bonds is 7. The van der Waals surface area contributed by atoms with Crippen molar-refractivity contribution in [3.05, 3.63) is 35.4 Å². The normalized spacial score (nSPS) is 18.8. The van der Waals surface area contributed by atoms with E-state index in [-0.39, 0.29) is 18.0 Å². The lowest BCUT2D eigenvalue weighted by Crippen LogP contribution is -2.30. The summed E-state index contributed by atoms with van der Waals surface area (Å²) in [4.78, 5) is 33.5. The van der Waals surface area contributed by atoms with Gasteiger partial charge in [-0.15, -0.1) is 0 Å². The molecular weight excluding hydrogens is 376 g/mol. The largest absolute Gasteiger partial charge is 0.465 e. The Morgan fingerprint density at radius 1 is 1.14 bits per heavy atom. The van der Waals surface area contributed by atoms with Gasteiger partial charge in [0.1, 0.15) is 11.5 Å². The fraction of sp³-hybridized carbons (Fsp3) is 0.500. The average molecular weight is 404 g/mol. The molecule has 0 aliphatic carbocycles. The maximum atomic E-state index is 11.4. The predicted octanol–water partition coefficient (Wildman–Crippen LogP) is 3.38. The van der Waals surface area contributed by atoms with Gasteiger partial charge in [0.15, 0.2) is 0 Å². The van der Waals surface area contributed by atoms with Crippen LogP contribution in [0.5, 0.6) is 11.5 Å². The Labute approximate surface area is 171 Å². The molecule has 0 N–H and O–H groups in total. The van der Waals surface area contributed by atoms with E-state index in [2.05, 4.69) is 0 Å². The number of hydrogen-bond donors (Lipinski definition) is 0. The van der Waals surface area contributed by atoms with E-state index in [1.165, 1.54) is 20.8 Å². The van der Waals surface area contributed by atoms with Crippen molar-refractivity contribution in [2.75, 3.05) is 13.2 Å². The molecule has 2 atom stereocenters. The fourth-order valence-electron chi connectivity index (χ4n) is 3.12. The Kier molecular flexibility index (Phi) is 8.39. The van der Waals surface area contributed by atoms with Gasteiger partial charge in [-0.1, -0.05) is 13.0 Å². The molecule has 1 aromatic rings. The molecule has 2 unspecified atom stereocenters. The molecule has 1 aromatic carbocycles. The van der Waals surface area contributed by atoms with Crippen LogP contribution in [0.25, 0.3) is 0 Å². The molecule has 1 heterocycles. The van der Waals surface area contributed by atoms with Crippen LogP contribution in [-0.4, -0.2) is 37.2 Å². The Morgan fingerprint density at radius 3 is 2.45 bits per heavy atom. The molecule has 0 saturated carbocycles. The van der Waals surface area contributed by atoms with Crippen LogP contribution in [0, 0.1) is 5.92 Å². The summed E-state index contributed by atoms with van der Waals surface area (Å²) in [6.07, 6.45) is 4.34. The molecular formula is C22H28O7. The Morgan fingerprint density at radius 2 is 1.86 bits per heavy atom. The van der Waals surface area contributed by atoms with E-state index in [1.807, 2.05) is 13.0 Å². The first-order valence-electron chi connectivity index (χ1n) is 9.67. The molecule has 1 saturated heterocycles. The van der Waals surface area contributed by atoms with Crippen molar-refractivity contribution in [1.29, 1.82) is 0 Å². The van der Waals surface area contributed by atoms with E-state index in [0.717, 1.165) is 24.0 Å². The van der Waals surface area contributed by atoms with Crippen molar-refractivity contribution in [3.63, 3.8) is 0 Å². The minimum atomic E-state index is -0.413. The van der Waals surface area contributed by atoms with Crippen molar-refractivity contribution < 1.29 is 33.3 Å². The lowest BCUT2D eigenvalue weighted by atomic mass is 9.95. The standard InChI is InChI=1S/C22H28O7/c1-14(12-26-15(2)23)21-9-6-18(13-27-21)5-7-19-11-20(28-16(3)24)8-10-22(19)29-17(4)25/h5,8,10-11,14,21H,6-7,9,12-13H2,1-4H3. The van der Waals surface area contributed by atoms with Crippen molar-refractivity contribution in [1.82, 2.24) is 0 Å². The Hall–Kier alpha value is -2.67. The smallest absolute Gasteiger partial charge is 0.308 e. The lowest BCUT2D eigenvalue weighted by molar-refractivity contribution is -0.144. The highest BCUT2D eigenvalue weighted by Gasteiger charge is 2.23. The lowest BCUT2D eigenvalue weighted by Gasteiger charge is -2.29. The first-order chi connectivity index (χ1) is 13.7. The summed E-state index contributed by atoms with van der Waals surface area (Å²) in [6.45, 7) is 6.94. The fourth-order valence-corrected chi connectivity index (χ4v) is 3.12. The van der Waals surface area contributed by atoms with Crippen LogP contribution < -0.4 is 9.47 Å². The molecule has 2 rings (SSSR count). The van der Waals surface area contributed by atoms with Crippen molar-refractivity contribution >= 4 is 17.9 Å². The van der Waals surface area contributed by atoms with Crippen molar-refractivity contribution in [2.24, 2.45) is 5.92 Å². The van der Waals surface area contributed by atoms with Gasteiger partial charge in [-0.3, -0.25) is 14.4 Å². The monoisotopic (exact) mass is 404 g/mol. The second-order valence-corrected chi connectivity index (χ2v) is 7.19. The van der Waals surface area contributed by atoms with E-state index in [4.69, 9.17) is 18.9 Å². The van der Waals surface area contributed by atoms with Crippen LogP contribution in [-0.2, 0) is 30.3 Å². The van der Waals surface area contributed by atoms with Gasteiger partial charge in [0, 0.05) is 32.3 Å². The molecule has 7 nitrogen and oxygen atoms in total. The average Bonchev–Trinajstić information content (AvgIpc) is 2.65. The van der Waals surface area contributed by atoms with Gasteiger partial charge in [0.2, 0.25) is 0 Å². The molecule has 29 heavy (non-hydrogen) atoms. The number of benzene rings is 1. The number of hydrogen-bond acceptors (Lipinski definition) is 7. The van der Waals surface area contributed by atoms with Gasteiger partial charge < -0.3 is 18.9 Å². The summed E-state index contributed by atoms with van der Waals surface area (Å²) in [5, 5.41) is 0. The molecule has 0 radical (unpaired) electrons. The zero-order valence-corrected chi connectivity index (χ0v) is 17.4. The maximum absolute atomic E-state index is 11.4. The summed E-state index contributed by atoms with van der Waals surface area (Å²) in [5.41, 5.74) is 1.89. The Bertz CT molecular complexity index is 771. The van der Waals surface area contributed by atoms with Gasteiger partial charge in [0.25, 0.3) is 0 Å². The van der Waals surface area contributed by atoms with Gasteiger partial charge in [-0.05, 0) is 43.0 Å². The minimum Gasteiger partial charge on any atom is -0.465 e. The first kappa shape index (κ1) is 22.6. The number of carbonyl (C=O) groups excluding carboxylic acids is 3. The van der Waals surface area contributed by atoms with E-state index >= 15 is 0 Å². The minimum absolute atomic E-state index is 0.0513. The van der Waals surface area contributed by atoms with Crippen LogP contribution >= 0.6 is 0 Å². The second kappa shape index (κ2) is 10.8. The number of allylic oxidation sites excluding steroid dienone is 1. The zero-order valence-electron chi connectivity index (χ0n) is 17.4.